The standard InChI is InChI=1S/C18H23N3O3S2.ClH/c1-3-13-4-6-14(7-5-13)15-12-25-17(20-15)21-16(22)18(26(2,23)24)8-10-19-11-9-18;/h4-7,12,19H,3,8-11H2,1-2H3,(H,20,21,22);1H. The van der Waals surface area contributed by atoms with Crippen LogP contribution in [0.3, 0.4) is 0 Å². The Balaban J connectivity index is 0.00000261. The molecule has 1 aromatic carbocycles. The monoisotopic (exact) mass is 429 g/mol. The van der Waals surface area contributed by atoms with Crippen LogP contribution in [0.15, 0.2) is 29.6 Å². The van der Waals surface area contributed by atoms with E-state index in [2.05, 4.69) is 34.7 Å². The van der Waals surface area contributed by atoms with Gasteiger partial charge in [0.15, 0.2) is 19.7 Å². The number of rotatable bonds is 5. The molecule has 1 saturated heterocycles. The number of hydrogen-bond acceptors (Lipinski definition) is 6. The third kappa shape index (κ3) is 4.51. The summed E-state index contributed by atoms with van der Waals surface area (Å²) in [6, 6.07) is 8.12. The maximum atomic E-state index is 12.8. The second-order valence-corrected chi connectivity index (χ2v) is 9.74. The van der Waals surface area contributed by atoms with E-state index < -0.39 is 20.5 Å². The topological polar surface area (TPSA) is 88.2 Å². The highest BCUT2D eigenvalue weighted by Gasteiger charge is 2.48. The molecule has 2 N–H and O–H groups in total. The van der Waals surface area contributed by atoms with E-state index in [1.165, 1.54) is 16.9 Å². The lowest BCUT2D eigenvalue weighted by atomic mass is 9.96. The number of halogens is 1. The van der Waals surface area contributed by atoms with Crippen LogP contribution in [0, 0.1) is 0 Å². The van der Waals surface area contributed by atoms with Gasteiger partial charge in [-0.15, -0.1) is 23.7 Å². The summed E-state index contributed by atoms with van der Waals surface area (Å²) in [5, 5.41) is 8.13. The van der Waals surface area contributed by atoms with E-state index in [0.29, 0.717) is 18.2 Å². The van der Waals surface area contributed by atoms with Crippen molar-refractivity contribution in [1.29, 1.82) is 0 Å². The second-order valence-electron chi connectivity index (χ2n) is 6.56. The van der Waals surface area contributed by atoms with Gasteiger partial charge in [0.25, 0.3) is 0 Å². The summed E-state index contributed by atoms with van der Waals surface area (Å²) < 4.78 is 23.3. The Morgan fingerprint density at radius 1 is 1.26 bits per heavy atom. The number of aromatic nitrogens is 1. The van der Waals surface area contributed by atoms with E-state index in [1.807, 2.05) is 17.5 Å². The summed E-state index contributed by atoms with van der Waals surface area (Å²) in [6.45, 7) is 3.12. The fourth-order valence-corrected chi connectivity index (χ4v) is 5.23. The molecule has 6 nitrogen and oxygen atoms in total. The van der Waals surface area contributed by atoms with Crippen LogP contribution in [-0.2, 0) is 21.1 Å². The van der Waals surface area contributed by atoms with Gasteiger partial charge in [0, 0.05) is 17.2 Å². The molecule has 148 valence electrons. The summed E-state index contributed by atoms with van der Waals surface area (Å²) in [7, 11) is -3.54. The summed E-state index contributed by atoms with van der Waals surface area (Å²) in [5.74, 6) is -0.483. The Labute approximate surface area is 170 Å². The Morgan fingerprint density at radius 3 is 2.44 bits per heavy atom. The Morgan fingerprint density at radius 2 is 1.89 bits per heavy atom. The van der Waals surface area contributed by atoms with Gasteiger partial charge in [0.1, 0.15) is 0 Å². The van der Waals surface area contributed by atoms with E-state index in [-0.39, 0.29) is 25.2 Å². The van der Waals surface area contributed by atoms with E-state index in [0.717, 1.165) is 23.9 Å². The zero-order valence-electron chi connectivity index (χ0n) is 15.3. The van der Waals surface area contributed by atoms with Crippen LogP contribution in [0.2, 0.25) is 0 Å². The number of aryl methyl sites for hydroxylation is 1. The van der Waals surface area contributed by atoms with Crippen molar-refractivity contribution in [2.24, 2.45) is 0 Å². The van der Waals surface area contributed by atoms with Crippen molar-refractivity contribution in [3.63, 3.8) is 0 Å². The van der Waals surface area contributed by atoms with Crippen LogP contribution in [0.4, 0.5) is 5.13 Å². The fourth-order valence-electron chi connectivity index (χ4n) is 3.18. The molecule has 2 heterocycles. The van der Waals surface area contributed by atoms with Gasteiger partial charge in [-0.25, -0.2) is 13.4 Å². The maximum absolute atomic E-state index is 12.8. The predicted octanol–water partition coefficient (Wildman–Crippen LogP) is 2.90. The lowest BCUT2D eigenvalue weighted by Crippen LogP contribution is -2.55. The zero-order valence-corrected chi connectivity index (χ0v) is 17.8. The van der Waals surface area contributed by atoms with Gasteiger partial charge in [-0.3, -0.25) is 4.79 Å². The van der Waals surface area contributed by atoms with Crippen molar-refractivity contribution in [3.8, 4) is 11.3 Å². The number of carbonyl (C=O) groups excluding carboxylic acids is 1. The Kier molecular flexibility index (Phi) is 7.02. The third-order valence-corrected chi connectivity index (χ3v) is 7.69. The highest BCUT2D eigenvalue weighted by Crippen LogP contribution is 2.31. The minimum absolute atomic E-state index is 0. The highest BCUT2D eigenvalue weighted by molar-refractivity contribution is 7.92. The van der Waals surface area contributed by atoms with Gasteiger partial charge >= 0.3 is 0 Å². The van der Waals surface area contributed by atoms with E-state index in [9.17, 15) is 13.2 Å². The van der Waals surface area contributed by atoms with E-state index >= 15 is 0 Å². The number of hydrogen-bond donors (Lipinski definition) is 2. The van der Waals surface area contributed by atoms with Crippen LogP contribution >= 0.6 is 23.7 Å². The first kappa shape index (κ1) is 21.8. The van der Waals surface area contributed by atoms with Crippen molar-refractivity contribution in [1.82, 2.24) is 10.3 Å². The van der Waals surface area contributed by atoms with Crippen LogP contribution in [0.1, 0.15) is 25.3 Å². The van der Waals surface area contributed by atoms with Crippen molar-refractivity contribution < 1.29 is 13.2 Å². The largest absolute Gasteiger partial charge is 0.317 e. The SMILES string of the molecule is CCc1ccc(-c2csc(NC(=O)C3(S(C)(=O)=O)CCNCC3)n2)cc1.Cl. The summed E-state index contributed by atoms with van der Waals surface area (Å²) in [5.41, 5.74) is 2.99. The molecular weight excluding hydrogens is 406 g/mol. The highest BCUT2D eigenvalue weighted by atomic mass is 35.5. The number of nitrogens with one attached hydrogen (secondary N) is 2. The molecule has 0 radical (unpaired) electrons. The number of nitrogens with zero attached hydrogens (tertiary/aromatic N) is 1. The van der Waals surface area contributed by atoms with Gasteiger partial charge < -0.3 is 10.6 Å². The average Bonchev–Trinajstić information content (AvgIpc) is 3.10. The number of sulfone groups is 1. The van der Waals surface area contributed by atoms with Crippen LogP contribution in [0.25, 0.3) is 11.3 Å². The quantitative estimate of drug-likeness (QED) is 0.762. The second kappa shape index (κ2) is 8.68. The minimum Gasteiger partial charge on any atom is -0.317 e. The van der Waals surface area contributed by atoms with Gasteiger partial charge in [0.05, 0.1) is 5.69 Å². The molecule has 27 heavy (non-hydrogen) atoms. The van der Waals surface area contributed by atoms with Gasteiger partial charge in [0.2, 0.25) is 5.91 Å². The van der Waals surface area contributed by atoms with E-state index in [1.54, 1.807) is 0 Å². The molecule has 1 aliphatic heterocycles. The smallest absolute Gasteiger partial charge is 0.247 e. The molecule has 1 amide bonds. The maximum Gasteiger partial charge on any atom is 0.247 e. The zero-order chi connectivity index (χ0) is 18.8. The first-order valence-electron chi connectivity index (χ1n) is 8.62. The van der Waals surface area contributed by atoms with Crippen molar-refractivity contribution in [3.05, 3.63) is 35.2 Å². The third-order valence-electron chi connectivity index (χ3n) is 4.92. The van der Waals surface area contributed by atoms with Crippen molar-refractivity contribution >= 4 is 44.6 Å². The molecule has 0 saturated carbocycles. The molecule has 1 fully saturated rings. The average molecular weight is 430 g/mol. The number of thiazole rings is 1. The molecule has 0 aliphatic carbocycles. The fraction of sp³-hybridized carbons (Fsp3) is 0.444. The van der Waals surface area contributed by atoms with Crippen molar-refractivity contribution in [2.75, 3.05) is 24.7 Å². The first-order valence-corrected chi connectivity index (χ1v) is 11.4. The predicted molar refractivity (Wildman–Crippen MR) is 112 cm³/mol. The first-order chi connectivity index (χ1) is 12.4. The molecule has 0 atom stereocenters. The van der Waals surface area contributed by atoms with Crippen LogP contribution in [0.5, 0.6) is 0 Å². The number of piperidine rings is 1. The lowest BCUT2D eigenvalue weighted by Gasteiger charge is -2.33. The molecule has 1 aliphatic rings. The Hall–Kier alpha value is -1.48. The summed E-state index contributed by atoms with van der Waals surface area (Å²) in [4.78, 5) is 17.3. The van der Waals surface area contributed by atoms with Gasteiger partial charge in [-0.05, 0) is 37.9 Å². The number of amides is 1. The lowest BCUT2D eigenvalue weighted by molar-refractivity contribution is -0.119. The molecule has 1 aromatic heterocycles. The van der Waals surface area contributed by atoms with Crippen LogP contribution < -0.4 is 10.6 Å². The molecule has 0 unspecified atom stereocenters. The molecule has 0 bridgehead atoms. The summed E-state index contributed by atoms with van der Waals surface area (Å²) >= 11 is 1.30. The minimum atomic E-state index is -3.54. The summed E-state index contributed by atoms with van der Waals surface area (Å²) in [6.07, 6.45) is 2.66. The number of carbonyl (C=O) groups is 1. The molecule has 3 rings (SSSR count). The normalized spacial score (nSPS) is 16.4. The Bertz CT molecular complexity index is 889. The number of benzene rings is 1. The van der Waals surface area contributed by atoms with Gasteiger partial charge in [-0.1, -0.05) is 31.2 Å². The number of anilines is 1. The van der Waals surface area contributed by atoms with Gasteiger partial charge in [-0.2, -0.15) is 0 Å². The molecular formula is C18H24ClN3O3S2. The molecule has 9 heteroatoms. The van der Waals surface area contributed by atoms with Crippen LogP contribution in [-0.4, -0.2) is 43.4 Å². The molecule has 2 aromatic rings. The van der Waals surface area contributed by atoms with Crippen molar-refractivity contribution in [2.45, 2.75) is 30.9 Å². The van der Waals surface area contributed by atoms with E-state index in [4.69, 9.17) is 0 Å². The molecule has 0 spiro atoms.